The van der Waals surface area contributed by atoms with Crippen LogP contribution in [0, 0.1) is 12.7 Å². The monoisotopic (exact) mass is 380 g/mol. The van der Waals surface area contributed by atoms with Gasteiger partial charge in [0.2, 0.25) is 15.9 Å². The van der Waals surface area contributed by atoms with Gasteiger partial charge in [-0.25, -0.2) is 17.8 Å². The fourth-order valence-electron chi connectivity index (χ4n) is 2.92. The van der Waals surface area contributed by atoms with E-state index in [4.69, 9.17) is 4.74 Å². The van der Waals surface area contributed by atoms with E-state index in [0.29, 0.717) is 43.4 Å². The highest BCUT2D eigenvalue weighted by Gasteiger charge is 2.28. The van der Waals surface area contributed by atoms with E-state index in [1.165, 1.54) is 22.5 Å². The molecule has 0 unspecified atom stereocenters. The van der Waals surface area contributed by atoms with Crippen molar-refractivity contribution in [3.05, 3.63) is 47.5 Å². The van der Waals surface area contributed by atoms with Gasteiger partial charge in [-0.05, 0) is 24.6 Å². The highest BCUT2D eigenvalue weighted by atomic mass is 32.2. The summed E-state index contributed by atoms with van der Waals surface area (Å²) in [7, 11) is -1.95. The van der Waals surface area contributed by atoms with Crippen LogP contribution in [0.5, 0.6) is 5.88 Å². The lowest BCUT2D eigenvalue weighted by Gasteiger charge is -2.34. The van der Waals surface area contributed by atoms with Gasteiger partial charge in [-0.1, -0.05) is 12.1 Å². The molecule has 0 aliphatic carbocycles. The smallest absolute Gasteiger partial charge is 0.218 e. The van der Waals surface area contributed by atoms with Crippen LogP contribution >= 0.6 is 0 Å². The molecule has 0 saturated carbocycles. The number of methoxy groups -OCH3 is 1. The normalized spacial score (nSPS) is 15.9. The molecule has 1 aliphatic heterocycles. The Morgan fingerprint density at radius 2 is 1.88 bits per heavy atom. The van der Waals surface area contributed by atoms with E-state index in [1.807, 2.05) is 4.90 Å². The number of nitrogens with zero attached hydrogens (tertiary/aromatic N) is 4. The molecule has 26 heavy (non-hydrogen) atoms. The van der Waals surface area contributed by atoms with Gasteiger partial charge in [0, 0.05) is 32.2 Å². The number of hydrogen-bond acceptors (Lipinski definition) is 6. The highest BCUT2D eigenvalue weighted by Crippen LogP contribution is 2.21. The first kappa shape index (κ1) is 18.5. The molecular weight excluding hydrogens is 359 g/mol. The van der Waals surface area contributed by atoms with Gasteiger partial charge in [0.1, 0.15) is 17.5 Å². The summed E-state index contributed by atoms with van der Waals surface area (Å²) in [6, 6.07) is 7.43. The Balaban J connectivity index is 1.67. The summed E-state index contributed by atoms with van der Waals surface area (Å²) in [6.07, 6.45) is 0. The molecule has 140 valence electrons. The minimum absolute atomic E-state index is 0.203. The molecule has 9 heteroatoms. The summed E-state index contributed by atoms with van der Waals surface area (Å²) >= 11 is 0. The maximum atomic E-state index is 13.3. The van der Waals surface area contributed by atoms with Crippen molar-refractivity contribution < 1.29 is 17.5 Å². The summed E-state index contributed by atoms with van der Waals surface area (Å²) in [5, 5.41) is 0. The van der Waals surface area contributed by atoms with Crippen LogP contribution in [-0.2, 0) is 15.8 Å². The van der Waals surface area contributed by atoms with Gasteiger partial charge in [0.25, 0.3) is 0 Å². The summed E-state index contributed by atoms with van der Waals surface area (Å²) < 4.78 is 45.1. The minimum atomic E-state index is -3.50. The Morgan fingerprint density at radius 3 is 2.54 bits per heavy atom. The third kappa shape index (κ3) is 4.28. The van der Waals surface area contributed by atoms with Crippen LogP contribution in [0.15, 0.2) is 30.3 Å². The van der Waals surface area contributed by atoms with E-state index in [0.717, 1.165) is 5.82 Å². The molecular formula is C17H21FN4O3S. The molecule has 0 spiro atoms. The second-order valence-electron chi connectivity index (χ2n) is 6.09. The molecule has 2 heterocycles. The lowest BCUT2D eigenvalue weighted by Crippen LogP contribution is -2.49. The number of hydrogen-bond donors (Lipinski definition) is 0. The van der Waals surface area contributed by atoms with E-state index in [2.05, 4.69) is 9.97 Å². The van der Waals surface area contributed by atoms with Gasteiger partial charge in [0.15, 0.2) is 0 Å². The fourth-order valence-corrected chi connectivity index (χ4v) is 4.42. The zero-order valence-corrected chi connectivity index (χ0v) is 15.5. The molecule has 2 aromatic rings. The SMILES string of the molecule is COc1cc(N2CCN(S(=O)(=O)Cc3cccc(F)c3)CC2)nc(C)n1. The molecule has 1 aromatic heterocycles. The van der Waals surface area contributed by atoms with E-state index >= 15 is 0 Å². The molecule has 0 N–H and O–H groups in total. The van der Waals surface area contributed by atoms with Gasteiger partial charge >= 0.3 is 0 Å². The van der Waals surface area contributed by atoms with Crippen molar-refractivity contribution in [2.75, 3.05) is 38.2 Å². The van der Waals surface area contributed by atoms with E-state index in [9.17, 15) is 12.8 Å². The van der Waals surface area contributed by atoms with Crippen molar-refractivity contribution in [1.29, 1.82) is 0 Å². The van der Waals surface area contributed by atoms with Gasteiger partial charge in [-0.15, -0.1) is 0 Å². The Kier molecular flexibility index (Phi) is 5.38. The molecule has 0 radical (unpaired) electrons. The van der Waals surface area contributed by atoms with Gasteiger partial charge in [-0.3, -0.25) is 0 Å². The average molecular weight is 380 g/mol. The van der Waals surface area contributed by atoms with Crippen molar-refractivity contribution in [2.45, 2.75) is 12.7 Å². The van der Waals surface area contributed by atoms with Gasteiger partial charge in [0.05, 0.1) is 12.9 Å². The van der Waals surface area contributed by atoms with Crippen LogP contribution in [0.3, 0.4) is 0 Å². The molecule has 7 nitrogen and oxygen atoms in total. The van der Waals surface area contributed by atoms with Crippen molar-refractivity contribution >= 4 is 15.8 Å². The summed E-state index contributed by atoms with van der Waals surface area (Å²) in [6.45, 7) is 3.52. The number of piperazine rings is 1. The van der Waals surface area contributed by atoms with Crippen LogP contribution in [0.4, 0.5) is 10.2 Å². The first-order chi connectivity index (χ1) is 12.4. The molecule has 0 bridgehead atoms. The van der Waals surface area contributed by atoms with Crippen molar-refractivity contribution in [3.8, 4) is 5.88 Å². The zero-order chi connectivity index (χ0) is 18.7. The third-order valence-corrected chi connectivity index (χ3v) is 6.05. The summed E-state index contributed by atoms with van der Waals surface area (Å²) in [4.78, 5) is 10.6. The van der Waals surface area contributed by atoms with Gasteiger partial charge in [-0.2, -0.15) is 9.29 Å². The van der Waals surface area contributed by atoms with Crippen molar-refractivity contribution in [2.24, 2.45) is 0 Å². The van der Waals surface area contributed by atoms with Crippen molar-refractivity contribution in [1.82, 2.24) is 14.3 Å². The second kappa shape index (κ2) is 7.55. The number of ether oxygens (including phenoxy) is 1. The number of rotatable bonds is 5. The highest BCUT2D eigenvalue weighted by molar-refractivity contribution is 7.88. The maximum Gasteiger partial charge on any atom is 0.218 e. The largest absolute Gasteiger partial charge is 0.481 e. The minimum Gasteiger partial charge on any atom is -0.481 e. The first-order valence-corrected chi connectivity index (χ1v) is 9.85. The Bertz CT molecular complexity index is 883. The third-order valence-electron chi connectivity index (χ3n) is 4.20. The van der Waals surface area contributed by atoms with Crippen LogP contribution in [0.2, 0.25) is 0 Å². The molecule has 1 fully saturated rings. The van der Waals surface area contributed by atoms with Crippen LogP contribution in [0.25, 0.3) is 0 Å². The Labute approximate surface area is 152 Å². The van der Waals surface area contributed by atoms with E-state index in [-0.39, 0.29) is 5.75 Å². The number of anilines is 1. The number of sulfonamides is 1. The van der Waals surface area contributed by atoms with Crippen molar-refractivity contribution in [3.63, 3.8) is 0 Å². The standard InChI is InChI=1S/C17H21FN4O3S/c1-13-19-16(11-17(20-13)25-2)21-6-8-22(9-7-21)26(23,24)12-14-4-3-5-15(18)10-14/h3-5,10-11H,6-9,12H2,1-2H3. The summed E-state index contributed by atoms with van der Waals surface area (Å²) in [5.74, 6) is 1.16. The number of aryl methyl sites for hydroxylation is 1. The Morgan fingerprint density at radius 1 is 1.15 bits per heavy atom. The Hall–Kier alpha value is -2.26. The maximum absolute atomic E-state index is 13.3. The van der Waals surface area contributed by atoms with Crippen LogP contribution in [-0.4, -0.2) is 56.0 Å². The predicted molar refractivity (Wildman–Crippen MR) is 96.1 cm³/mol. The first-order valence-electron chi connectivity index (χ1n) is 8.24. The lowest BCUT2D eigenvalue weighted by molar-refractivity contribution is 0.379. The average Bonchev–Trinajstić information content (AvgIpc) is 2.61. The summed E-state index contributed by atoms with van der Waals surface area (Å²) in [5.41, 5.74) is 0.448. The fraction of sp³-hybridized carbons (Fsp3) is 0.412. The predicted octanol–water partition coefficient (Wildman–Crippen LogP) is 1.58. The molecule has 1 saturated heterocycles. The van der Waals surface area contributed by atoms with Crippen LogP contribution in [0.1, 0.15) is 11.4 Å². The zero-order valence-electron chi connectivity index (χ0n) is 14.7. The molecule has 1 aliphatic rings. The lowest BCUT2D eigenvalue weighted by atomic mass is 10.2. The quantitative estimate of drug-likeness (QED) is 0.784. The van der Waals surface area contributed by atoms with Crippen LogP contribution < -0.4 is 9.64 Å². The molecule has 0 atom stereocenters. The molecule has 3 rings (SSSR count). The number of halogens is 1. The second-order valence-corrected chi connectivity index (χ2v) is 8.06. The number of benzene rings is 1. The molecule has 1 aromatic carbocycles. The van der Waals surface area contributed by atoms with E-state index in [1.54, 1.807) is 26.2 Å². The van der Waals surface area contributed by atoms with E-state index < -0.39 is 15.8 Å². The molecule has 0 amide bonds. The van der Waals surface area contributed by atoms with Gasteiger partial charge < -0.3 is 9.64 Å². The number of aromatic nitrogens is 2. The topological polar surface area (TPSA) is 75.6 Å².